The first-order valence-electron chi connectivity index (χ1n) is 32.0. The van der Waals surface area contributed by atoms with Gasteiger partial charge in [-0.2, -0.15) is 8.42 Å². The summed E-state index contributed by atoms with van der Waals surface area (Å²) in [4.78, 5) is 68.6. The van der Waals surface area contributed by atoms with Gasteiger partial charge in [0, 0.05) is 19.3 Å². The molecule has 0 amide bonds. The number of allylic oxidation sites excluding steroid dienone is 6. The largest absolute Gasteiger partial charge is 0.469 e. The molecule has 0 unspecified atom stereocenters. The van der Waals surface area contributed by atoms with Crippen molar-refractivity contribution in [2.75, 3.05) is 39.6 Å². The Morgan fingerprint density at radius 1 is 0.353 bits per heavy atom. The minimum absolute atomic E-state index is 0.268. The molecule has 504 valence electrons. The highest BCUT2D eigenvalue weighted by molar-refractivity contribution is 7.80. The topological polar surface area (TPSA) is 337 Å². The Kier molecular flexibility index (Phi) is 64.5. The van der Waals surface area contributed by atoms with Gasteiger partial charge in [-0.25, -0.2) is 13.3 Å². The number of phosphoric ester groups is 2. The summed E-state index contributed by atoms with van der Waals surface area (Å²) in [6, 6.07) is 0. The summed E-state index contributed by atoms with van der Waals surface area (Å²) in [5, 5.41) is 28.2. The van der Waals surface area contributed by atoms with Crippen molar-refractivity contribution in [2.45, 2.75) is 296 Å². The van der Waals surface area contributed by atoms with Crippen molar-refractivity contribution in [3.8, 4) is 0 Å². The minimum Gasteiger partial charge on any atom is -0.463 e. The first-order chi connectivity index (χ1) is 40.5. The van der Waals surface area contributed by atoms with E-state index in [0.29, 0.717) is 0 Å². The van der Waals surface area contributed by atoms with E-state index in [0.717, 1.165) is 103 Å². The Hall–Kier alpha value is -2.40. The number of aliphatic hydroxyl groups excluding tert-OH is 3. The zero-order valence-electron chi connectivity index (χ0n) is 52.4. The molecule has 0 aromatic carbocycles. The summed E-state index contributed by atoms with van der Waals surface area (Å²) in [6.45, 7) is 3.87. The smallest absolute Gasteiger partial charge is 0.463 e. The zero-order valence-corrected chi connectivity index (χ0v) is 55.0. The lowest BCUT2D eigenvalue weighted by atomic mass is 10.1. The summed E-state index contributed by atoms with van der Waals surface area (Å²) >= 11 is 0. The number of carbonyl (C=O) groups excluding carboxylic acids is 3. The Labute approximate surface area is 512 Å². The second-order valence-electron chi connectivity index (χ2n) is 21.6. The molecule has 0 rings (SSSR count). The van der Waals surface area contributed by atoms with Gasteiger partial charge in [0.1, 0.15) is 38.1 Å². The fourth-order valence-electron chi connectivity index (χ4n) is 8.13. The maximum Gasteiger partial charge on any atom is 0.469 e. The van der Waals surface area contributed by atoms with Crippen molar-refractivity contribution in [1.29, 1.82) is 0 Å². The molecule has 0 aliphatic carbocycles. The minimum atomic E-state index is -4.62. The van der Waals surface area contributed by atoms with E-state index >= 15 is 0 Å². The van der Waals surface area contributed by atoms with E-state index < -0.39 is 82.1 Å². The normalized spacial score (nSPS) is 13.1. The van der Waals surface area contributed by atoms with Crippen LogP contribution >= 0.6 is 15.6 Å². The fraction of sp³-hybridized carbons (Fsp3) is 0.852. The molecule has 0 aromatic rings. The maximum absolute atomic E-state index is 11.5. The van der Waals surface area contributed by atoms with E-state index in [1.807, 2.05) is 0 Å². The van der Waals surface area contributed by atoms with E-state index in [9.17, 15) is 47.3 Å². The summed E-state index contributed by atoms with van der Waals surface area (Å²) in [7, 11) is -13.8. The summed E-state index contributed by atoms with van der Waals surface area (Å²) in [6.07, 6.45) is 54.2. The number of unbranched alkanes of at least 4 members (excludes halogenated alkanes) is 31. The van der Waals surface area contributed by atoms with Gasteiger partial charge in [-0.15, -0.1) is 0 Å². The number of hydrogen-bond acceptors (Lipinski definition) is 16. The standard InChI is InChI=1S/C21H41O7P.C21H40O7S.C19H37O7P/c2*1-2-3-4-5-6-7-8-9-10-11-12-13-14-15-16-17-21(23)27-18-20(22)19-28-29(24,25)26;1-2-3-4-5-6-7-8-9-10-11-12-13-14-15-19(21)25-16-18(20)17-26-27(22,23)24/h9-10,20,22H,2-8,11-19H2,1H3,(H2,24,25,26);9-10,20,22H,2-8,11-19H2,1H3,(H,24,25,26);9-10,18,20H,2-8,11-17H2,1H3,(H2,22,23,24)/b10-9+;2*10-9-/t2*20-;18-/m111/s1. The second kappa shape index (κ2) is 63.2. The lowest BCUT2D eigenvalue weighted by Crippen LogP contribution is -2.25. The van der Waals surface area contributed by atoms with Crippen LogP contribution in [0.5, 0.6) is 0 Å². The molecule has 0 aliphatic heterocycles. The predicted octanol–water partition coefficient (Wildman–Crippen LogP) is 14.0. The third-order valence-electron chi connectivity index (χ3n) is 13.0. The first kappa shape index (κ1) is 86.8. The number of phosphoric acid groups is 2. The van der Waals surface area contributed by atoms with Gasteiger partial charge in [0.05, 0.1) is 19.8 Å². The molecule has 8 N–H and O–H groups in total. The summed E-state index contributed by atoms with van der Waals surface area (Å²) in [5.41, 5.74) is 0. The Morgan fingerprint density at radius 3 is 0.800 bits per heavy atom. The van der Waals surface area contributed by atoms with E-state index in [-0.39, 0.29) is 39.1 Å². The van der Waals surface area contributed by atoms with Gasteiger partial charge >= 0.3 is 44.0 Å². The third kappa shape index (κ3) is 81.6. The lowest BCUT2D eigenvalue weighted by Gasteiger charge is -2.12. The van der Waals surface area contributed by atoms with Crippen LogP contribution in [0.15, 0.2) is 36.5 Å². The molecule has 0 saturated carbocycles. The molecule has 0 saturated heterocycles. The molecular formula is C61H118O21P2S. The molecule has 21 nitrogen and oxygen atoms in total. The number of ether oxygens (including phenoxy) is 3. The van der Waals surface area contributed by atoms with Crippen LogP contribution in [0.3, 0.4) is 0 Å². The van der Waals surface area contributed by atoms with Gasteiger partial charge in [0.25, 0.3) is 0 Å². The molecule has 3 atom stereocenters. The van der Waals surface area contributed by atoms with Crippen molar-refractivity contribution in [2.24, 2.45) is 0 Å². The van der Waals surface area contributed by atoms with Crippen LogP contribution in [0, 0.1) is 0 Å². The summed E-state index contributed by atoms with van der Waals surface area (Å²) < 4.78 is 76.8. The van der Waals surface area contributed by atoms with Crippen molar-refractivity contribution in [1.82, 2.24) is 0 Å². The predicted molar refractivity (Wildman–Crippen MR) is 334 cm³/mol. The Balaban J connectivity index is -0.00000119. The van der Waals surface area contributed by atoms with E-state index in [1.165, 1.54) is 135 Å². The number of aliphatic hydroxyl groups is 3. The molecule has 0 aliphatic rings. The molecule has 0 bridgehead atoms. The molecule has 24 heteroatoms. The van der Waals surface area contributed by atoms with Crippen molar-refractivity contribution in [3.63, 3.8) is 0 Å². The molecule has 0 radical (unpaired) electrons. The molecular weight excluding hydrogens is 1160 g/mol. The third-order valence-corrected chi connectivity index (χ3v) is 14.4. The van der Waals surface area contributed by atoms with Crippen LogP contribution in [0.1, 0.15) is 278 Å². The Morgan fingerprint density at radius 2 is 0.565 bits per heavy atom. The second-order valence-corrected chi connectivity index (χ2v) is 25.2. The highest BCUT2D eigenvalue weighted by Gasteiger charge is 2.19. The van der Waals surface area contributed by atoms with Gasteiger partial charge < -0.3 is 49.1 Å². The maximum atomic E-state index is 11.5. The van der Waals surface area contributed by atoms with Gasteiger partial charge in [-0.3, -0.25) is 28.0 Å². The van der Waals surface area contributed by atoms with Gasteiger partial charge in [-0.05, 0) is 96.3 Å². The van der Waals surface area contributed by atoms with Gasteiger partial charge in [0.2, 0.25) is 0 Å². The molecule has 85 heavy (non-hydrogen) atoms. The molecule has 0 aromatic heterocycles. The number of carbonyl (C=O) groups is 3. The molecule has 0 fully saturated rings. The highest BCUT2D eigenvalue weighted by Crippen LogP contribution is 2.36. The molecule has 0 spiro atoms. The monoisotopic (exact) mass is 1280 g/mol. The van der Waals surface area contributed by atoms with Gasteiger partial charge in [0.15, 0.2) is 0 Å². The van der Waals surface area contributed by atoms with Crippen molar-refractivity contribution >= 4 is 44.0 Å². The fourth-order valence-corrected chi connectivity index (χ4v) is 9.19. The Bertz CT molecular complexity index is 1820. The summed E-state index contributed by atoms with van der Waals surface area (Å²) in [5.74, 6) is -1.28. The molecule has 0 heterocycles. The lowest BCUT2D eigenvalue weighted by molar-refractivity contribution is -0.148. The SMILES string of the molecule is CCCCCCCC/C=C/CCCCCCCC(=O)OC[C@@H](O)COP(=O)(O)O.CCCCCCCC/C=C\CCCCCC(=O)OC[C@@H](O)COP(=O)(O)O.CCCCCCCC/C=C\CCCCCCCC(=O)OC[C@@H](O)COS(=O)(=O)O. The number of hydrogen-bond donors (Lipinski definition) is 8. The van der Waals surface area contributed by atoms with Crippen LogP contribution in [-0.4, -0.2) is 124 Å². The number of rotatable bonds is 58. The average molecular weight is 1280 g/mol. The zero-order chi connectivity index (χ0) is 64.0. The average Bonchev–Trinajstić information content (AvgIpc) is 3.45. The van der Waals surface area contributed by atoms with E-state index in [2.05, 4.69) is 70.5 Å². The van der Waals surface area contributed by atoms with Crippen LogP contribution < -0.4 is 0 Å². The quantitative estimate of drug-likeness (QED) is 0.00700. The van der Waals surface area contributed by atoms with E-state index in [4.69, 9.17) is 38.3 Å². The van der Waals surface area contributed by atoms with Crippen LogP contribution in [0.25, 0.3) is 0 Å². The van der Waals surface area contributed by atoms with E-state index in [1.54, 1.807) is 0 Å². The highest BCUT2D eigenvalue weighted by atomic mass is 32.3. The van der Waals surface area contributed by atoms with Crippen LogP contribution in [0.2, 0.25) is 0 Å². The first-order valence-corrected chi connectivity index (χ1v) is 36.5. The number of esters is 3. The van der Waals surface area contributed by atoms with Gasteiger partial charge in [-0.1, -0.05) is 198 Å². The van der Waals surface area contributed by atoms with Crippen molar-refractivity contribution < 1.29 is 98.8 Å². The van der Waals surface area contributed by atoms with Crippen LogP contribution in [0.4, 0.5) is 0 Å². The van der Waals surface area contributed by atoms with Crippen LogP contribution in [-0.2, 0) is 61.4 Å². The van der Waals surface area contributed by atoms with Crippen molar-refractivity contribution in [3.05, 3.63) is 36.5 Å².